The number of allylic oxidation sites excluding steroid dienone is 2. The summed E-state index contributed by atoms with van der Waals surface area (Å²) in [6, 6.07) is 0. The van der Waals surface area contributed by atoms with E-state index < -0.39 is 0 Å². The Kier molecular flexibility index (Phi) is 9.89. The summed E-state index contributed by atoms with van der Waals surface area (Å²) in [7, 11) is 0. The van der Waals surface area contributed by atoms with Gasteiger partial charge in [0.2, 0.25) is 5.91 Å². The Labute approximate surface area is 123 Å². The molecule has 0 aromatic carbocycles. The smallest absolute Gasteiger partial charge is 0.220 e. The first-order valence-electron chi connectivity index (χ1n) is 8.25. The van der Waals surface area contributed by atoms with E-state index in [0.717, 1.165) is 19.4 Å². The SMILES string of the molecule is O=C1/C=C/CCCCCCCCCCNC(=O)CCC1. The van der Waals surface area contributed by atoms with E-state index in [1.807, 2.05) is 6.08 Å². The first-order chi connectivity index (χ1) is 9.79. The van der Waals surface area contributed by atoms with Gasteiger partial charge in [-0.1, -0.05) is 44.6 Å². The predicted molar refractivity (Wildman–Crippen MR) is 82.6 cm³/mol. The fraction of sp³-hybridized carbons (Fsp3) is 0.765. The number of rotatable bonds is 0. The zero-order valence-corrected chi connectivity index (χ0v) is 12.7. The third kappa shape index (κ3) is 9.76. The van der Waals surface area contributed by atoms with Crippen molar-refractivity contribution in [2.45, 2.75) is 77.0 Å². The van der Waals surface area contributed by atoms with Crippen LogP contribution in [0.3, 0.4) is 0 Å². The van der Waals surface area contributed by atoms with Gasteiger partial charge in [-0.25, -0.2) is 0 Å². The number of amides is 1. The molecule has 114 valence electrons. The van der Waals surface area contributed by atoms with Gasteiger partial charge in [-0.05, 0) is 31.8 Å². The molecule has 0 aliphatic carbocycles. The van der Waals surface area contributed by atoms with Crippen LogP contribution >= 0.6 is 0 Å². The summed E-state index contributed by atoms with van der Waals surface area (Å²) in [6.45, 7) is 0.784. The fourth-order valence-corrected chi connectivity index (χ4v) is 2.49. The Hall–Kier alpha value is -1.12. The minimum Gasteiger partial charge on any atom is -0.356 e. The molecule has 0 unspecified atom stereocenters. The predicted octanol–water partition coefficient (Wildman–Crippen LogP) is 3.92. The maximum Gasteiger partial charge on any atom is 0.220 e. The molecule has 1 amide bonds. The summed E-state index contributed by atoms with van der Waals surface area (Å²) in [5.41, 5.74) is 0. The van der Waals surface area contributed by atoms with Crippen LogP contribution in [0, 0.1) is 0 Å². The van der Waals surface area contributed by atoms with Gasteiger partial charge in [0.15, 0.2) is 5.78 Å². The highest BCUT2D eigenvalue weighted by atomic mass is 16.1. The van der Waals surface area contributed by atoms with Crippen molar-refractivity contribution in [1.29, 1.82) is 0 Å². The molecule has 20 heavy (non-hydrogen) atoms. The Morgan fingerprint density at radius 3 is 2.15 bits per heavy atom. The van der Waals surface area contributed by atoms with Gasteiger partial charge in [0.25, 0.3) is 0 Å². The highest BCUT2D eigenvalue weighted by Gasteiger charge is 2.03. The van der Waals surface area contributed by atoms with E-state index in [2.05, 4.69) is 5.32 Å². The number of carbonyl (C=O) groups is 2. The standard InChI is InChI=1S/C17H29NO2/c19-16-12-9-7-5-3-1-2-4-6-8-10-15-18-17(20)14-11-13-16/h9,12H,1-8,10-11,13-15H2,(H,18,20)/b12-9+. The largest absolute Gasteiger partial charge is 0.356 e. The van der Waals surface area contributed by atoms with Crippen LogP contribution in [0.15, 0.2) is 12.2 Å². The van der Waals surface area contributed by atoms with Gasteiger partial charge in [-0.15, -0.1) is 0 Å². The summed E-state index contributed by atoms with van der Waals surface area (Å²) in [5.74, 6) is 0.238. The Morgan fingerprint density at radius 1 is 0.750 bits per heavy atom. The van der Waals surface area contributed by atoms with Crippen LogP contribution in [0.4, 0.5) is 0 Å². The first-order valence-corrected chi connectivity index (χ1v) is 8.25. The average Bonchev–Trinajstić information content (AvgIpc) is 2.43. The Bertz CT molecular complexity index is 310. The highest BCUT2D eigenvalue weighted by molar-refractivity contribution is 5.89. The van der Waals surface area contributed by atoms with Crippen molar-refractivity contribution in [3.05, 3.63) is 12.2 Å². The van der Waals surface area contributed by atoms with Gasteiger partial charge in [0.05, 0.1) is 0 Å². The molecule has 1 rings (SSSR count). The molecule has 3 heteroatoms. The number of ketones is 1. The lowest BCUT2D eigenvalue weighted by molar-refractivity contribution is -0.121. The fourth-order valence-electron chi connectivity index (χ4n) is 2.49. The Morgan fingerprint density at radius 2 is 1.40 bits per heavy atom. The first kappa shape index (κ1) is 16.9. The molecule has 0 aromatic rings. The van der Waals surface area contributed by atoms with Gasteiger partial charge in [-0.2, -0.15) is 0 Å². The summed E-state index contributed by atoms with van der Waals surface area (Å²) in [4.78, 5) is 23.1. The zero-order valence-electron chi connectivity index (χ0n) is 12.7. The monoisotopic (exact) mass is 279 g/mol. The van der Waals surface area contributed by atoms with Gasteiger partial charge in [-0.3, -0.25) is 9.59 Å². The third-order valence-corrected chi connectivity index (χ3v) is 3.75. The molecule has 1 aliphatic heterocycles. The summed E-state index contributed by atoms with van der Waals surface area (Å²) in [6.07, 6.45) is 16.3. The molecule has 0 atom stereocenters. The molecular formula is C17H29NO2. The second-order valence-electron chi connectivity index (χ2n) is 5.69. The minimum absolute atomic E-state index is 0.0860. The summed E-state index contributed by atoms with van der Waals surface area (Å²) < 4.78 is 0. The van der Waals surface area contributed by atoms with Crippen LogP contribution in [0.1, 0.15) is 77.0 Å². The minimum atomic E-state index is 0.0860. The molecule has 0 spiro atoms. The van der Waals surface area contributed by atoms with Crippen LogP contribution in [0.25, 0.3) is 0 Å². The van der Waals surface area contributed by atoms with E-state index in [9.17, 15) is 9.59 Å². The molecule has 0 bridgehead atoms. The van der Waals surface area contributed by atoms with Crippen molar-refractivity contribution in [3.63, 3.8) is 0 Å². The van der Waals surface area contributed by atoms with E-state index in [1.54, 1.807) is 6.08 Å². The molecule has 0 aromatic heterocycles. The van der Waals surface area contributed by atoms with Crippen LogP contribution in [-0.2, 0) is 9.59 Å². The van der Waals surface area contributed by atoms with Gasteiger partial charge < -0.3 is 5.32 Å². The van der Waals surface area contributed by atoms with E-state index in [-0.39, 0.29) is 11.7 Å². The number of carbonyl (C=O) groups excluding carboxylic acids is 2. The number of hydrogen-bond acceptors (Lipinski definition) is 2. The van der Waals surface area contributed by atoms with Gasteiger partial charge in [0, 0.05) is 19.4 Å². The lowest BCUT2D eigenvalue weighted by Gasteiger charge is -2.05. The van der Waals surface area contributed by atoms with E-state index in [0.29, 0.717) is 19.3 Å². The van der Waals surface area contributed by atoms with E-state index >= 15 is 0 Å². The zero-order chi connectivity index (χ0) is 14.5. The maximum absolute atomic E-state index is 11.6. The van der Waals surface area contributed by atoms with Crippen molar-refractivity contribution in [3.8, 4) is 0 Å². The second kappa shape index (κ2) is 11.7. The van der Waals surface area contributed by atoms with Crippen LogP contribution in [0.2, 0.25) is 0 Å². The van der Waals surface area contributed by atoms with Gasteiger partial charge >= 0.3 is 0 Å². The normalized spacial score (nSPS) is 23.4. The summed E-state index contributed by atoms with van der Waals surface area (Å²) in [5, 5.41) is 2.93. The molecule has 1 heterocycles. The van der Waals surface area contributed by atoms with Crippen LogP contribution in [-0.4, -0.2) is 18.2 Å². The van der Waals surface area contributed by atoms with E-state index in [4.69, 9.17) is 0 Å². The quantitative estimate of drug-likeness (QED) is 0.730. The number of nitrogens with one attached hydrogen (secondary N) is 1. The lowest BCUT2D eigenvalue weighted by atomic mass is 10.1. The lowest BCUT2D eigenvalue weighted by Crippen LogP contribution is -2.24. The average molecular weight is 279 g/mol. The molecule has 0 saturated heterocycles. The van der Waals surface area contributed by atoms with E-state index in [1.165, 1.54) is 44.9 Å². The van der Waals surface area contributed by atoms with Crippen molar-refractivity contribution in [2.75, 3.05) is 6.54 Å². The van der Waals surface area contributed by atoms with Crippen LogP contribution in [0.5, 0.6) is 0 Å². The second-order valence-corrected chi connectivity index (χ2v) is 5.69. The highest BCUT2D eigenvalue weighted by Crippen LogP contribution is 2.10. The molecule has 0 fully saturated rings. The molecular weight excluding hydrogens is 250 g/mol. The van der Waals surface area contributed by atoms with Crippen molar-refractivity contribution < 1.29 is 9.59 Å². The molecule has 0 saturated carbocycles. The molecule has 1 aliphatic rings. The summed E-state index contributed by atoms with van der Waals surface area (Å²) >= 11 is 0. The molecule has 1 N–H and O–H groups in total. The number of hydrogen-bond donors (Lipinski definition) is 1. The molecule has 3 nitrogen and oxygen atoms in total. The maximum atomic E-state index is 11.6. The van der Waals surface area contributed by atoms with Crippen molar-refractivity contribution in [2.24, 2.45) is 0 Å². The third-order valence-electron chi connectivity index (χ3n) is 3.75. The van der Waals surface area contributed by atoms with Crippen molar-refractivity contribution >= 4 is 11.7 Å². The van der Waals surface area contributed by atoms with Gasteiger partial charge in [0.1, 0.15) is 0 Å². The Balaban J connectivity index is 2.28. The van der Waals surface area contributed by atoms with Crippen molar-refractivity contribution in [1.82, 2.24) is 5.32 Å². The molecule has 0 radical (unpaired) electrons. The van der Waals surface area contributed by atoms with Crippen LogP contribution < -0.4 is 5.32 Å². The topological polar surface area (TPSA) is 46.2 Å².